The number of carbonyl (C=O) groups excluding carboxylic acids is 1. The molecule has 2 aromatic carbocycles. The van der Waals surface area contributed by atoms with Gasteiger partial charge in [0, 0.05) is 17.7 Å². The molecule has 2 aromatic rings. The lowest BCUT2D eigenvalue weighted by atomic mass is 9.92. The van der Waals surface area contributed by atoms with E-state index in [1.807, 2.05) is 0 Å². The summed E-state index contributed by atoms with van der Waals surface area (Å²) in [7, 11) is 1.39. The highest BCUT2D eigenvalue weighted by Crippen LogP contribution is 2.44. The van der Waals surface area contributed by atoms with Crippen molar-refractivity contribution in [3.8, 4) is 28.7 Å². The molecular formula is C16H14O7. The van der Waals surface area contributed by atoms with Crippen molar-refractivity contribution in [2.24, 2.45) is 0 Å². The lowest BCUT2D eigenvalue weighted by molar-refractivity contribution is 0.0202. The number of hydrogen-bond donors (Lipinski definition) is 4. The second kappa shape index (κ2) is 5.36. The number of aliphatic hydroxyl groups is 1. The molecule has 2 atom stereocenters. The van der Waals surface area contributed by atoms with E-state index in [1.54, 1.807) is 0 Å². The molecule has 0 saturated heterocycles. The van der Waals surface area contributed by atoms with E-state index < -0.39 is 29.5 Å². The topological polar surface area (TPSA) is 116 Å². The van der Waals surface area contributed by atoms with Crippen molar-refractivity contribution < 1.29 is 34.7 Å². The molecule has 0 saturated carbocycles. The highest BCUT2D eigenvalue weighted by atomic mass is 16.5. The zero-order valence-electron chi connectivity index (χ0n) is 12.1. The van der Waals surface area contributed by atoms with Crippen LogP contribution >= 0.6 is 0 Å². The second-order valence-electron chi connectivity index (χ2n) is 5.08. The number of phenolic OH excluding ortho intramolecular Hbond substituents is 3. The van der Waals surface area contributed by atoms with Crippen LogP contribution in [0.3, 0.4) is 0 Å². The van der Waals surface area contributed by atoms with E-state index in [1.165, 1.54) is 37.4 Å². The van der Waals surface area contributed by atoms with Crippen LogP contribution in [0.1, 0.15) is 22.0 Å². The number of benzene rings is 2. The standard InChI is InChI=1S/C16H14O7/c1-22-7-5-10(18)12-11(6-7)23-16(15(21)14(12)20)8-3-2-4-9(17)13(8)19/h2-6,15-19,21H,1H3. The minimum absolute atomic E-state index is 0.0184. The molecule has 1 heterocycles. The van der Waals surface area contributed by atoms with E-state index >= 15 is 0 Å². The molecular weight excluding hydrogens is 304 g/mol. The van der Waals surface area contributed by atoms with Crippen LogP contribution in [-0.4, -0.2) is 39.4 Å². The van der Waals surface area contributed by atoms with Gasteiger partial charge in [0.2, 0.25) is 5.78 Å². The van der Waals surface area contributed by atoms with Crippen LogP contribution in [0.4, 0.5) is 0 Å². The Kier molecular flexibility index (Phi) is 3.49. The highest BCUT2D eigenvalue weighted by Gasteiger charge is 2.40. The minimum atomic E-state index is -1.64. The van der Waals surface area contributed by atoms with Crippen molar-refractivity contribution in [3.63, 3.8) is 0 Å². The van der Waals surface area contributed by atoms with Crippen LogP contribution in [0.15, 0.2) is 30.3 Å². The highest BCUT2D eigenvalue weighted by molar-refractivity contribution is 6.05. The molecule has 120 valence electrons. The molecule has 0 bridgehead atoms. The summed E-state index contributed by atoms with van der Waals surface area (Å²) in [5, 5.41) is 39.6. The molecule has 0 aliphatic carbocycles. The van der Waals surface area contributed by atoms with Crippen LogP contribution in [0.25, 0.3) is 0 Å². The summed E-state index contributed by atoms with van der Waals surface area (Å²) in [6.45, 7) is 0. The second-order valence-corrected chi connectivity index (χ2v) is 5.08. The van der Waals surface area contributed by atoms with Gasteiger partial charge in [0.1, 0.15) is 22.8 Å². The molecule has 7 nitrogen and oxygen atoms in total. The zero-order chi connectivity index (χ0) is 16.7. The van der Waals surface area contributed by atoms with Gasteiger partial charge in [-0.05, 0) is 6.07 Å². The van der Waals surface area contributed by atoms with Crippen LogP contribution < -0.4 is 9.47 Å². The van der Waals surface area contributed by atoms with Crippen molar-refractivity contribution in [2.75, 3.05) is 7.11 Å². The first-order chi connectivity index (χ1) is 10.9. The predicted molar refractivity (Wildman–Crippen MR) is 78.1 cm³/mol. The summed E-state index contributed by atoms with van der Waals surface area (Å²) in [6.07, 6.45) is -2.87. The van der Waals surface area contributed by atoms with E-state index in [2.05, 4.69) is 0 Å². The first kappa shape index (κ1) is 15.0. The number of para-hydroxylation sites is 1. The molecule has 1 aliphatic rings. The van der Waals surface area contributed by atoms with Gasteiger partial charge in [-0.25, -0.2) is 0 Å². The average molecular weight is 318 g/mol. The van der Waals surface area contributed by atoms with Gasteiger partial charge >= 0.3 is 0 Å². The monoisotopic (exact) mass is 318 g/mol. The first-order valence-electron chi connectivity index (χ1n) is 6.74. The predicted octanol–water partition coefficient (Wildman–Crippen LogP) is 1.49. The summed E-state index contributed by atoms with van der Waals surface area (Å²) in [4.78, 5) is 12.3. The molecule has 0 aromatic heterocycles. The number of Topliss-reactive ketones (excluding diaryl/α,β-unsaturated/α-hetero) is 1. The quantitative estimate of drug-likeness (QED) is 0.620. The molecule has 0 spiro atoms. The third-order valence-corrected chi connectivity index (χ3v) is 3.70. The van der Waals surface area contributed by atoms with Crippen LogP contribution in [-0.2, 0) is 0 Å². The maximum atomic E-state index is 12.3. The summed E-state index contributed by atoms with van der Waals surface area (Å²) >= 11 is 0. The van der Waals surface area contributed by atoms with Crippen molar-refractivity contribution in [2.45, 2.75) is 12.2 Å². The molecule has 7 heteroatoms. The molecule has 1 aliphatic heterocycles. The normalized spacial score (nSPS) is 19.8. The van der Waals surface area contributed by atoms with E-state index in [4.69, 9.17) is 9.47 Å². The number of aliphatic hydroxyl groups excluding tert-OH is 1. The Morgan fingerprint density at radius 1 is 1.13 bits per heavy atom. The van der Waals surface area contributed by atoms with Crippen LogP contribution in [0.5, 0.6) is 28.7 Å². The fourth-order valence-corrected chi connectivity index (χ4v) is 2.53. The van der Waals surface area contributed by atoms with Gasteiger partial charge in [0.25, 0.3) is 0 Å². The SMILES string of the molecule is COc1cc(O)c2c(c1)OC(c1cccc(O)c1O)C(O)C2=O. The Balaban J connectivity index is 2.12. The van der Waals surface area contributed by atoms with Crippen LogP contribution in [0.2, 0.25) is 0 Å². The van der Waals surface area contributed by atoms with Gasteiger partial charge in [-0.2, -0.15) is 0 Å². The fraction of sp³-hybridized carbons (Fsp3) is 0.188. The van der Waals surface area contributed by atoms with Crippen molar-refractivity contribution in [3.05, 3.63) is 41.5 Å². The number of fused-ring (bicyclic) bond motifs is 1. The van der Waals surface area contributed by atoms with E-state index in [9.17, 15) is 25.2 Å². The number of phenols is 3. The molecule has 2 unspecified atom stereocenters. The lowest BCUT2D eigenvalue weighted by Gasteiger charge is -2.30. The molecule has 4 N–H and O–H groups in total. The summed E-state index contributed by atoms with van der Waals surface area (Å²) in [5.74, 6) is -1.72. The number of ether oxygens (including phenoxy) is 2. The summed E-state index contributed by atoms with van der Waals surface area (Å²) < 4.78 is 10.6. The fourth-order valence-electron chi connectivity index (χ4n) is 2.53. The van der Waals surface area contributed by atoms with Crippen molar-refractivity contribution in [1.82, 2.24) is 0 Å². The van der Waals surface area contributed by atoms with E-state index in [0.717, 1.165) is 0 Å². The number of methoxy groups -OCH3 is 1. The van der Waals surface area contributed by atoms with Gasteiger partial charge < -0.3 is 29.9 Å². The molecule has 0 amide bonds. The zero-order valence-corrected chi connectivity index (χ0v) is 12.1. The number of aromatic hydroxyl groups is 3. The Labute approximate surface area is 131 Å². The Morgan fingerprint density at radius 2 is 1.87 bits per heavy atom. The number of carbonyl (C=O) groups is 1. The smallest absolute Gasteiger partial charge is 0.202 e. The first-order valence-corrected chi connectivity index (χ1v) is 6.74. The summed E-state index contributed by atoms with van der Waals surface area (Å²) in [6, 6.07) is 6.76. The lowest BCUT2D eigenvalue weighted by Crippen LogP contribution is -2.36. The van der Waals surface area contributed by atoms with Gasteiger partial charge in [-0.1, -0.05) is 12.1 Å². The molecule has 0 fully saturated rings. The Morgan fingerprint density at radius 3 is 2.57 bits per heavy atom. The van der Waals surface area contributed by atoms with Gasteiger partial charge in [0.05, 0.1) is 7.11 Å². The molecule has 23 heavy (non-hydrogen) atoms. The minimum Gasteiger partial charge on any atom is -0.507 e. The largest absolute Gasteiger partial charge is 0.507 e. The third-order valence-electron chi connectivity index (χ3n) is 3.70. The number of ketones is 1. The Hall–Kier alpha value is -2.93. The summed E-state index contributed by atoms with van der Waals surface area (Å²) in [5.41, 5.74) is -0.104. The molecule has 3 rings (SSSR count). The number of hydrogen-bond acceptors (Lipinski definition) is 7. The maximum Gasteiger partial charge on any atom is 0.202 e. The Bertz CT molecular complexity index is 784. The van der Waals surface area contributed by atoms with E-state index in [-0.39, 0.29) is 28.4 Å². The van der Waals surface area contributed by atoms with Crippen molar-refractivity contribution >= 4 is 5.78 Å². The third kappa shape index (κ3) is 2.31. The molecule has 0 radical (unpaired) electrons. The van der Waals surface area contributed by atoms with Gasteiger partial charge in [-0.3, -0.25) is 4.79 Å². The van der Waals surface area contributed by atoms with Crippen molar-refractivity contribution in [1.29, 1.82) is 0 Å². The van der Waals surface area contributed by atoms with Crippen LogP contribution in [0, 0.1) is 0 Å². The van der Waals surface area contributed by atoms with Gasteiger partial charge in [0.15, 0.2) is 23.7 Å². The number of rotatable bonds is 2. The van der Waals surface area contributed by atoms with E-state index in [0.29, 0.717) is 0 Å². The average Bonchev–Trinajstić information content (AvgIpc) is 2.53. The maximum absolute atomic E-state index is 12.3. The van der Waals surface area contributed by atoms with Gasteiger partial charge in [-0.15, -0.1) is 0 Å².